The van der Waals surface area contributed by atoms with Crippen LogP contribution in [0.4, 0.5) is 4.79 Å². The molecule has 0 aliphatic heterocycles. The fourth-order valence-electron chi connectivity index (χ4n) is 6.06. The first-order chi connectivity index (χ1) is 26.0. The molecular weight excluding hydrogens is 795 g/mol. The van der Waals surface area contributed by atoms with E-state index < -0.39 is 69.7 Å². The molecule has 328 valence electrons. The Kier molecular flexibility index (Phi) is 15.3. The van der Waals surface area contributed by atoms with Gasteiger partial charge in [-0.2, -0.15) is 0 Å². The molecular formula is C45H79NO8Si4. The van der Waals surface area contributed by atoms with E-state index in [9.17, 15) is 14.7 Å². The molecule has 2 aromatic rings. The summed E-state index contributed by atoms with van der Waals surface area (Å²) >= 11 is 0. The average Bonchev–Trinajstić information content (AvgIpc) is 3.37. The third-order valence-electron chi connectivity index (χ3n) is 14.0. The molecule has 0 radical (unpaired) electrons. The van der Waals surface area contributed by atoms with E-state index in [1.165, 1.54) is 0 Å². The van der Waals surface area contributed by atoms with Crippen LogP contribution in [0.2, 0.25) is 72.5 Å². The highest BCUT2D eigenvalue weighted by molar-refractivity contribution is 6.75. The van der Waals surface area contributed by atoms with Crippen molar-refractivity contribution < 1.29 is 37.1 Å². The Morgan fingerprint density at radius 2 is 0.948 bits per heavy atom. The van der Waals surface area contributed by atoms with Gasteiger partial charge < -0.3 is 32.9 Å². The maximum absolute atomic E-state index is 13.9. The highest BCUT2D eigenvalue weighted by Crippen LogP contribution is 2.47. The van der Waals surface area contributed by atoms with Gasteiger partial charge in [0.25, 0.3) is 0 Å². The molecule has 13 heteroatoms. The molecule has 9 nitrogen and oxygen atoms in total. The van der Waals surface area contributed by atoms with Crippen LogP contribution in [-0.4, -0.2) is 88.0 Å². The number of carbonyl (C=O) groups excluding carboxylic acids is 1. The molecule has 3 rings (SSSR count). The van der Waals surface area contributed by atoms with E-state index in [2.05, 4.69) is 165 Å². The van der Waals surface area contributed by atoms with E-state index in [1.807, 2.05) is 24.3 Å². The van der Waals surface area contributed by atoms with Crippen molar-refractivity contribution in [1.82, 2.24) is 5.32 Å². The van der Waals surface area contributed by atoms with E-state index in [1.54, 1.807) is 0 Å². The smallest absolute Gasteiger partial charge is 0.407 e. The summed E-state index contributed by atoms with van der Waals surface area (Å²) in [6, 6.07) is 16.5. The first-order valence-corrected chi connectivity index (χ1v) is 32.7. The van der Waals surface area contributed by atoms with Crippen LogP contribution in [0.3, 0.4) is 0 Å². The van der Waals surface area contributed by atoms with E-state index in [0.29, 0.717) is 0 Å². The molecule has 4 unspecified atom stereocenters. The number of carboxylic acid groups (broad SMARTS) is 1. The number of aliphatic carboxylic acids is 1. The number of amides is 1. The quantitative estimate of drug-likeness (QED) is 0.160. The lowest BCUT2D eigenvalue weighted by Gasteiger charge is -2.51. The number of nitrogens with one attached hydrogen (secondary N) is 1. The Morgan fingerprint density at radius 3 is 1.34 bits per heavy atom. The van der Waals surface area contributed by atoms with Crippen molar-refractivity contribution in [3.63, 3.8) is 0 Å². The molecule has 1 aliphatic carbocycles. The summed E-state index contributed by atoms with van der Waals surface area (Å²) in [5.74, 6) is -1.20. The van der Waals surface area contributed by atoms with Gasteiger partial charge in [0.15, 0.2) is 39.4 Å². The zero-order valence-corrected chi connectivity index (χ0v) is 43.7. The Bertz CT molecular complexity index is 1690. The number of carbonyl (C=O) groups is 2. The molecule has 2 N–H and O–H groups in total. The normalized spacial score (nSPS) is 16.9. The Balaban J connectivity index is 2.19. The Labute approximate surface area is 356 Å². The van der Waals surface area contributed by atoms with Crippen LogP contribution in [-0.2, 0) is 27.2 Å². The SMILES string of the molecule is CC(C)(C)[Si](C)(C)OC(CNC(=O)OCC1c2ccccc2-c2ccccc21)C(O[Si](C)(C)C(C)(C)C)C(O[Si](C)(C)C(C)(C)C)C(O[Si](C)(C)C(C)(C)C)C(=O)O. The summed E-state index contributed by atoms with van der Waals surface area (Å²) < 4.78 is 35.0. The maximum atomic E-state index is 13.9. The number of hydrogen-bond donors (Lipinski definition) is 2. The van der Waals surface area contributed by atoms with E-state index in [4.69, 9.17) is 22.4 Å². The second-order valence-electron chi connectivity index (χ2n) is 22.4. The predicted molar refractivity (Wildman–Crippen MR) is 249 cm³/mol. The van der Waals surface area contributed by atoms with Crippen molar-refractivity contribution in [1.29, 1.82) is 0 Å². The molecule has 1 amide bonds. The molecule has 58 heavy (non-hydrogen) atoms. The second-order valence-corrected chi connectivity index (χ2v) is 41.5. The van der Waals surface area contributed by atoms with E-state index >= 15 is 0 Å². The first kappa shape index (κ1) is 50.2. The number of carboxylic acids is 1. The third-order valence-corrected chi connectivity index (χ3v) is 31.9. The van der Waals surface area contributed by atoms with Crippen molar-refractivity contribution in [2.45, 2.75) is 186 Å². The fraction of sp³-hybridized carbons (Fsp3) is 0.689. The monoisotopic (exact) mass is 873 g/mol. The van der Waals surface area contributed by atoms with Gasteiger partial charge in [0.2, 0.25) is 0 Å². The van der Waals surface area contributed by atoms with Crippen molar-refractivity contribution in [2.24, 2.45) is 0 Å². The second kappa shape index (κ2) is 17.7. The minimum absolute atomic E-state index is 0.0201. The first-order valence-electron chi connectivity index (χ1n) is 21.1. The Morgan fingerprint density at radius 1 is 0.586 bits per heavy atom. The third kappa shape index (κ3) is 11.6. The number of rotatable bonds is 16. The molecule has 0 aromatic heterocycles. The van der Waals surface area contributed by atoms with Crippen molar-refractivity contribution >= 4 is 45.3 Å². The van der Waals surface area contributed by atoms with Crippen molar-refractivity contribution in [2.75, 3.05) is 13.2 Å². The van der Waals surface area contributed by atoms with Gasteiger partial charge in [-0.05, 0) is 94.8 Å². The predicted octanol–water partition coefficient (Wildman–Crippen LogP) is 12.2. The van der Waals surface area contributed by atoms with Gasteiger partial charge in [0.1, 0.15) is 12.7 Å². The highest BCUT2D eigenvalue weighted by atomic mass is 28.4. The Hall–Kier alpha value is -2.11. The van der Waals surface area contributed by atoms with Gasteiger partial charge >= 0.3 is 12.1 Å². The van der Waals surface area contributed by atoms with Gasteiger partial charge in [-0.15, -0.1) is 0 Å². The summed E-state index contributed by atoms with van der Waals surface area (Å²) in [6.07, 6.45) is -4.70. The number of benzene rings is 2. The number of fused-ring (bicyclic) bond motifs is 3. The van der Waals surface area contributed by atoms with Crippen LogP contribution in [0.5, 0.6) is 0 Å². The number of alkyl carbamates (subject to hydrolysis) is 1. The van der Waals surface area contributed by atoms with Crippen LogP contribution in [0, 0.1) is 0 Å². The molecule has 0 bridgehead atoms. The van der Waals surface area contributed by atoms with E-state index in [-0.39, 0.29) is 39.2 Å². The van der Waals surface area contributed by atoms with Crippen LogP contribution < -0.4 is 5.32 Å². The van der Waals surface area contributed by atoms with Gasteiger partial charge in [0.05, 0.1) is 12.2 Å². The lowest BCUT2D eigenvalue weighted by atomic mass is 9.98. The maximum Gasteiger partial charge on any atom is 0.407 e. The fourth-order valence-corrected chi connectivity index (χ4v) is 11.2. The van der Waals surface area contributed by atoms with Gasteiger partial charge in [-0.3, -0.25) is 0 Å². The molecule has 0 saturated carbocycles. The molecule has 1 aliphatic rings. The molecule has 0 fully saturated rings. The van der Waals surface area contributed by atoms with Crippen molar-refractivity contribution in [3.05, 3.63) is 59.7 Å². The molecule has 2 aromatic carbocycles. The van der Waals surface area contributed by atoms with Gasteiger partial charge in [-0.1, -0.05) is 132 Å². The summed E-state index contributed by atoms with van der Waals surface area (Å²) in [5.41, 5.74) is 4.57. The van der Waals surface area contributed by atoms with Crippen LogP contribution in [0.1, 0.15) is 100 Å². The van der Waals surface area contributed by atoms with Crippen LogP contribution in [0.15, 0.2) is 48.5 Å². The number of ether oxygens (including phenoxy) is 1. The summed E-state index contributed by atoms with van der Waals surface area (Å²) in [4.78, 5) is 27.6. The largest absolute Gasteiger partial charge is 0.479 e. The average molecular weight is 874 g/mol. The van der Waals surface area contributed by atoms with E-state index in [0.717, 1.165) is 22.3 Å². The summed E-state index contributed by atoms with van der Waals surface area (Å²) in [6.45, 7) is 43.0. The minimum Gasteiger partial charge on any atom is -0.479 e. The van der Waals surface area contributed by atoms with Crippen LogP contribution in [0.25, 0.3) is 11.1 Å². The minimum atomic E-state index is -2.70. The number of hydrogen-bond acceptors (Lipinski definition) is 7. The zero-order valence-electron chi connectivity index (χ0n) is 39.7. The molecule has 0 spiro atoms. The van der Waals surface area contributed by atoms with Crippen molar-refractivity contribution in [3.8, 4) is 11.1 Å². The molecule has 0 heterocycles. The van der Waals surface area contributed by atoms with Crippen LogP contribution >= 0.6 is 0 Å². The summed E-state index contributed by atoms with van der Waals surface area (Å²) in [5, 5.41) is 13.3. The zero-order chi connectivity index (χ0) is 44.7. The van der Waals surface area contributed by atoms with Gasteiger partial charge in [0, 0.05) is 12.5 Å². The molecule has 4 atom stereocenters. The lowest BCUT2D eigenvalue weighted by Crippen LogP contribution is -2.65. The molecule has 0 saturated heterocycles. The summed E-state index contributed by atoms with van der Waals surface area (Å²) in [7, 11) is -10.7. The topological polar surface area (TPSA) is 113 Å². The van der Waals surface area contributed by atoms with Gasteiger partial charge in [-0.25, -0.2) is 9.59 Å². The standard InChI is InChI=1S/C45H79NO8Si4/c1-42(2,3)55(13,14)51-36(29-46-41(49)50-30-35-33-27-23-21-25-31(33)32-26-22-24-28-34(32)35)37(52-56(15,16)43(4,5)6)38(53-57(17,18)44(7,8)9)39(40(47)48)54-58(19,20)45(10,11)12/h21-28,35-39H,29-30H2,1-20H3,(H,46,49)(H,47,48). The lowest BCUT2D eigenvalue weighted by molar-refractivity contribution is -0.157. The highest BCUT2D eigenvalue weighted by Gasteiger charge is 2.54.